The lowest BCUT2D eigenvalue weighted by Gasteiger charge is -2.19. The summed E-state index contributed by atoms with van der Waals surface area (Å²) < 4.78 is 10.5. The second-order valence-corrected chi connectivity index (χ2v) is 6.31. The van der Waals surface area contributed by atoms with Crippen LogP contribution in [-0.2, 0) is 11.3 Å². The summed E-state index contributed by atoms with van der Waals surface area (Å²) in [5.74, 6) is -0.541. The van der Waals surface area contributed by atoms with E-state index in [1.807, 2.05) is 18.2 Å². The monoisotopic (exact) mass is 396 g/mol. The molecule has 2 N–H and O–H groups in total. The Morgan fingerprint density at radius 1 is 1.15 bits per heavy atom. The molecule has 2 aromatic carbocycles. The van der Waals surface area contributed by atoms with Crippen molar-refractivity contribution in [3.05, 3.63) is 57.6 Å². The Kier molecular flexibility index (Phi) is 6.71. The van der Waals surface area contributed by atoms with Gasteiger partial charge in [0.15, 0.2) is 18.1 Å². The van der Waals surface area contributed by atoms with Crippen LogP contribution in [-0.4, -0.2) is 37.5 Å². The molecule has 8 heteroatoms. The van der Waals surface area contributed by atoms with E-state index >= 15 is 0 Å². The zero-order valence-corrected chi connectivity index (χ0v) is 15.8. The lowest BCUT2D eigenvalue weighted by atomic mass is 10.1. The van der Waals surface area contributed by atoms with Crippen LogP contribution < -0.4 is 15.2 Å². The first-order valence-electron chi connectivity index (χ1n) is 7.61. The van der Waals surface area contributed by atoms with Gasteiger partial charge in [0.25, 0.3) is 11.8 Å². The van der Waals surface area contributed by atoms with Crippen LogP contribution in [0.5, 0.6) is 11.5 Å². The number of nitrogens with zero attached hydrogens (tertiary/aromatic N) is 1. The highest BCUT2D eigenvalue weighted by Gasteiger charge is 2.19. The number of carbonyl (C=O) groups is 2. The van der Waals surface area contributed by atoms with Crippen LogP contribution in [0, 0.1) is 0 Å². The van der Waals surface area contributed by atoms with Gasteiger partial charge < -0.3 is 20.1 Å². The molecule has 2 amide bonds. The number of hydrogen-bond acceptors (Lipinski definition) is 4. The van der Waals surface area contributed by atoms with Crippen LogP contribution in [0.4, 0.5) is 0 Å². The second-order valence-electron chi connectivity index (χ2n) is 5.50. The van der Waals surface area contributed by atoms with Gasteiger partial charge in [-0.1, -0.05) is 41.4 Å². The SMILES string of the molecule is COc1cc(C(=O)N(C)Cc2ccccc2Cl)cc(Cl)c1OCC(N)=O. The van der Waals surface area contributed by atoms with Gasteiger partial charge in [-0.05, 0) is 23.8 Å². The summed E-state index contributed by atoms with van der Waals surface area (Å²) in [6.07, 6.45) is 0. The molecule has 0 aromatic heterocycles. The largest absolute Gasteiger partial charge is 0.493 e. The number of rotatable bonds is 7. The summed E-state index contributed by atoms with van der Waals surface area (Å²) in [4.78, 5) is 25.1. The van der Waals surface area contributed by atoms with E-state index in [9.17, 15) is 9.59 Å². The van der Waals surface area contributed by atoms with Crippen molar-refractivity contribution < 1.29 is 19.1 Å². The highest BCUT2D eigenvalue weighted by molar-refractivity contribution is 6.32. The minimum Gasteiger partial charge on any atom is -0.493 e. The average Bonchev–Trinajstić information content (AvgIpc) is 2.61. The van der Waals surface area contributed by atoms with Crippen LogP contribution in [0.25, 0.3) is 0 Å². The van der Waals surface area contributed by atoms with Crippen molar-refractivity contribution in [1.82, 2.24) is 4.90 Å². The third kappa shape index (κ3) is 4.80. The maximum Gasteiger partial charge on any atom is 0.255 e. The summed E-state index contributed by atoms with van der Waals surface area (Å²) in [5.41, 5.74) is 6.20. The first-order chi connectivity index (χ1) is 12.3. The lowest BCUT2D eigenvalue weighted by Crippen LogP contribution is -2.26. The van der Waals surface area contributed by atoms with Crippen molar-refractivity contribution in [3.8, 4) is 11.5 Å². The summed E-state index contributed by atoms with van der Waals surface area (Å²) in [7, 11) is 3.06. The molecular weight excluding hydrogens is 379 g/mol. The molecule has 6 nitrogen and oxygen atoms in total. The minimum atomic E-state index is -0.650. The predicted octanol–water partition coefficient (Wildman–Crippen LogP) is 3.14. The molecule has 0 unspecified atom stereocenters. The highest BCUT2D eigenvalue weighted by atomic mass is 35.5. The van der Waals surface area contributed by atoms with Gasteiger partial charge in [0.1, 0.15) is 0 Å². The molecule has 0 aliphatic carbocycles. The third-order valence-corrected chi connectivity index (χ3v) is 4.20. The fourth-order valence-corrected chi connectivity index (χ4v) is 2.76. The van der Waals surface area contributed by atoms with E-state index in [4.69, 9.17) is 38.4 Å². The summed E-state index contributed by atoms with van der Waals surface area (Å²) in [6.45, 7) is -0.0197. The zero-order valence-electron chi connectivity index (χ0n) is 14.3. The fraction of sp³-hybridized carbons (Fsp3) is 0.222. The molecule has 2 rings (SSSR count). The van der Waals surface area contributed by atoms with E-state index < -0.39 is 5.91 Å². The Bertz CT molecular complexity index is 827. The number of carbonyl (C=O) groups excluding carboxylic acids is 2. The Balaban J connectivity index is 2.24. The van der Waals surface area contributed by atoms with Gasteiger partial charge in [0.05, 0.1) is 12.1 Å². The molecular formula is C18H18Cl2N2O4. The maximum atomic E-state index is 12.7. The van der Waals surface area contributed by atoms with Crippen molar-refractivity contribution >= 4 is 35.0 Å². The number of methoxy groups -OCH3 is 1. The number of hydrogen-bond donors (Lipinski definition) is 1. The van der Waals surface area contributed by atoms with Gasteiger partial charge in [-0.2, -0.15) is 0 Å². The molecule has 0 aliphatic rings. The Labute approximate surface area is 161 Å². The molecule has 2 aromatic rings. The average molecular weight is 397 g/mol. The van der Waals surface area contributed by atoms with E-state index in [0.29, 0.717) is 17.1 Å². The first kappa shape index (κ1) is 19.9. The van der Waals surface area contributed by atoms with Crippen LogP contribution in [0.15, 0.2) is 36.4 Å². The molecule has 0 spiro atoms. The normalized spacial score (nSPS) is 10.3. The predicted molar refractivity (Wildman–Crippen MR) is 99.9 cm³/mol. The molecule has 0 saturated carbocycles. The Morgan fingerprint density at radius 2 is 1.85 bits per heavy atom. The zero-order chi connectivity index (χ0) is 19.3. The number of primary amides is 1. The van der Waals surface area contributed by atoms with Crippen molar-refractivity contribution in [2.45, 2.75) is 6.54 Å². The van der Waals surface area contributed by atoms with E-state index in [-0.39, 0.29) is 29.0 Å². The van der Waals surface area contributed by atoms with Crippen LogP contribution in [0.1, 0.15) is 15.9 Å². The number of benzene rings is 2. The molecule has 0 fully saturated rings. The van der Waals surface area contributed by atoms with Gasteiger partial charge in [-0.25, -0.2) is 0 Å². The number of amides is 2. The maximum absolute atomic E-state index is 12.7. The molecule has 0 atom stereocenters. The number of halogens is 2. The second kappa shape index (κ2) is 8.78. The van der Waals surface area contributed by atoms with Gasteiger partial charge in [-0.3, -0.25) is 9.59 Å². The molecule has 26 heavy (non-hydrogen) atoms. The summed E-state index contributed by atoms with van der Waals surface area (Å²) >= 11 is 12.3. The molecule has 0 saturated heterocycles. The highest BCUT2D eigenvalue weighted by Crippen LogP contribution is 2.36. The van der Waals surface area contributed by atoms with Crippen LogP contribution >= 0.6 is 23.2 Å². The molecule has 0 aliphatic heterocycles. The molecule has 0 radical (unpaired) electrons. The Hall–Kier alpha value is -2.44. The standard InChI is InChI=1S/C18H18Cl2N2O4/c1-22(9-11-5-3-4-6-13(11)19)18(24)12-7-14(20)17(15(8-12)25-2)26-10-16(21)23/h3-8H,9-10H2,1-2H3,(H2,21,23). The number of nitrogens with two attached hydrogens (primary N) is 1. The van der Waals surface area contributed by atoms with E-state index in [1.165, 1.54) is 24.1 Å². The summed E-state index contributed by atoms with van der Waals surface area (Å²) in [6, 6.07) is 10.2. The fourth-order valence-electron chi connectivity index (χ4n) is 2.30. The Morgan fingerprint density at radius 3 is 2.46 bits per heavy atom. The molecule has 0 bridgehead atoms. The topological polar surface area (TPSA) is 81.9 Å². The van der Waals surface area contributed by atoms with Gasteiger partial charge in [0.2, 0.25) is 0 Å². The van der Waals surface area contributed by atoms with Gasteiger partial charge in [0, 0.05) is 24.2 Å². The minimum absolute atomic E-state index is 0.139. The van der Waals surface area contributed by atoms with Crippen molar-refractivity contribution in [2.24, 2.45) is 5.73 Å². The van der Waals surface area contributed by atoms with Gasteiger partial charge in [-0.15, -0.1) is 0 Å². The lowest BCUT2D eigenvalue weighted by molar-refractivity contribution is -0.119. The van der Waals surface area contributed by atoms with Crippen LogP contribution in [0.2, 0.25) is 10.0 Å². The molecule has 0 heterocycles. The van der Waals surface area contributed by atoms with Crippen LogP contribution in [0.3, 0.4) is 0 Å². The number of ether oxygens (including phenoxy) is 2. The van der Waals surface area contributed by atoms with E-state index in [2.05, 4.69) is 0 Å². The van der Waals surface area contributed by atoms with Crippen molar-refractivity contribution in [3.63, 3.8) is 0 Å². The first-order valence-corrected chi connectivity index (χ1v) is 8.36. The third-order valence-electron chi connectivity index (χ3n) is 3.55. The smallest absolute Gasteiger partial charge is 0.255 e. The van der Waals surface area contributed by atoms with Crippen molar-refractivity contribution in [1.29, 1.82) is 0 Å². The summed E-state index contributed by atoms with van der Waals surface area (Å²) in [5, 5.41) is 0.720. The van der Waals surface area contributed by atoms with Gasteiger partial charge >= 0.3 is 0 Å². The quantitative estimate of drug-likeness (QED) is 0.778. The van der Waals surface area contributed by atoms with E-state index in [1.54, 1.807) is 13.1 Å². The van der Waals surface area contributed by atoms with E-state index in [0.717, 1.165) is 5.56 Å². The molecule has 138 valence electrons. The van der Waals surface area contributed by atoms with Crippen molar-refractivity contribution in [2.75, 3.05) is 20.8 Å².